The van der Waals surface area contributed by atoms with Gasteiger partial charge in [-0.15, -0.1) is 0 Å². The van der Waals surface area contributed by atoms with Crippen molar-refractivity contribution >= 4 is 0 Å². The molecule has 2 unspecified atom stereocenters. The fraction of sp³-hybridized carbons (Fsp3) is 0.615. The number of hydrogen-bond donors (Lipinski definition) is 1. The van der Waals surface area contributed by atoms with E-state index in [4.69, 9.17) is 5.73 Å². The van der Waals surface area contributed by atoms with E-state index >= 15 is 0 Å². The van der Waals surface area contributed by atoms with E-state index in [2.05, 4.69) is 22.9 Å². The lowest BCUT2D eigenvalue weighted by Crippen LogP contribution is -2.37. The Hall–Kier alpha value is -0.930. The molecule has 1 aliphatic heterocycles. The molecule has 0 amide bonds. The van der Waals surface area contributed by atoms with E-state index in [0.717, 1.165) is 0 Å². The molecule has 1 aromatic heterocycles. The summed E-state index contributed by atoms with van der Waals surface area (Å²) in [5, 5.41) is 0. The van der Waals surface area contributed by atoms with Crippen molar-refractivity contribution in [2.75, 3.05) is 13.1 Å². The zero-order valence-electron chi connectivity index (χ0n) is 9.97. The molecule has 2 heterocycles. The number of rotatable bonds is 4. The van der Waals surface area contributed by atoms with Crippen LogP contribution in [-0.2, 0) is 0 Å². The lowest BCUT2D eigenvalue weighted by Gasteiger charge is -2.32. The molecule has 2 N–H and O–H groups in total. The zero-order valence-corrected chi connectivity index (χ0v) is 9.97. The average Bonchev–Trinajstić information content (AvgIpc) is 2.80. The summed E-state index contributed by atoms with van der Waals surface area (Å²) >= 11 is 0. The highest BCUT2D eigenvalue weighted by molar-refractivity contribution is 5.15. The molecule has 3 nitrogen and oxygen atoms in total. The van der Waals surface area contributed by atoms with Crippen LogP contribution >= 0.6 is 0 Å². The van der Waals surface area contributed by atoms with E-state index < -0.39 is 0 Å². The monoisotopic (exact) mass is 219 g/mol. The first-order valence-electron chi connectivity index (χ1n) is 6.22. The molecule has 1 aromatic rings. The first-order valence-corrected chi connectivity index (χ1v) is 6.22. The Balaban J connectivity index is 2.16. The normalized spacial score (nSPS) is 23.5. The van der Waals surface area contributed by atoms with Gasteiger partial charge in [-0.3, -0.25) is 9.88 Å². The van der Waals surface area contributed by atoms with Crippen LogP contribution in [0.5, 0.6) is 0 Å². The van der Waals surface area contributed by atoms with E-state index in [9.17, 15) is 0 Å². The molecule has 16 heavy (non-hydrogen) atoms. The molecule has 0 radical (unpaired) electrons. The van der Waals surface area contributed by atoms with Gasteiger partial charge in [0.2, 0.25) is 0 Å². The van der Waals surface area contributed by atoms with Gasteiger partial charge in [-0.05, 0) is 37.4 Å². The van der Waals surface area contributed by atoms with Crippen LogP contribution in [0.4, 0.5) is 0 Å². The number of likely N-dealkylation sites (tertiary alicyclic amines) is 1. The zero-order chi connectivity index (χ0) is 11.4. The van der Waals surface area contributed by atoms with Crippen molar-refractivity contribution in [1.82, 2.24) is 9.88 Å². The molecule has 3 heteroatoms. The van der Waals surface area contributed by atoms with Crippen molar-refractivity contribution in [3.8, 4) is 0 Å². The van der Waals surface area contributed by atoms with Gasteiger partial charge < -0.3 is 5.73 Å². The SMILES string of the molecule is CCC1CCCN1C(CN)c1cccnc1. The van der Waals surface area contributed by atoms with Gasteiger partial charge in [-0.2, -0.15) is 0 Å². The van der Waals surface area contributed by atoms with Crippen molar-refractivity contribution in [3.63, 3.8) is 0 Å². The Labute approximate surface area is 97.7 Å². The van der Waals surface area contributed by atoms with E-state index in [1.807, 2.05) is 18.5 Å². The van der Waals surface area contributed by atoms with Crippen molar-refractivity contribution in [2.24, 2.45) is 5.73 Å². The Kier molecular flexibility index (Phi) is 3.91. The van der Waals surface area contributed by atoms with Crippen molar-refractivity contribution < 1.29 is 0 Å². The lowest BCUT2D eigenvalue weighted by atomic mass is 10.1. The summed E-state index contributed by atoms with van der Waals surface area (Å²) in [6.07, 6.45) is 7.60. The van der Waals surface area contributed by atoms with Crippen molar-refractivity contribution in [3.05, 3.63) is 30.1 Å². The Bertz CT molecular complexity index is 312. The molecule has 0 aliphatic carbocycles. The predicted octanol–water partition coefficient (Wildman–Crippen LogP) is 1.96. The summed E-state index contributed by atoms with van der Waals surface area (Å²) in [6, 6.07) is 5.18. The maximum Gasteiger partial charge on any atom is 0.0488 e. The summed E-state index contributed by atoms with van der Waals surface area (Å²) in [5.74, 6) is 0. The van der Waals surface area contributed by atoms with Crippen LogP contribution < -0.4 is 5.73 Å². The predicted molar refractivity (Wildman–Crippen MR) is 66.1 cm³/mol. The smallest absolute Gasteiger partial charge is 0.0488 e. The standard InChI is InChI=1S/C13H21N3/c1-2-12-6-4-8-16(12)13(9-14)11-5-3-7-15-10-11/h3,5,7,10,12-13H,2,4,6,8-9,14H2,1H3. The molecule has 2 atom stereocenters. The number of nitrogens with two attached hydrogens (primary N) is 1. The van der Waals surface area contributed by atoms with Gasteiger partial charge in [0.05, 0.1) is 0 Å². The van der Waals surface area contributed by atoms with Crippen molar-refractivity contribution in [2.45, 2.75) is 38.3 Å². The van der Waals surface area contributed by atoms with Gasteiger partial charge >= 0.3 is 0 Å². The highest BCUT2D eigenvalue weighted by atomic mass is 15.2. The Morgan fingerprint density at radius 1 is 1.62 bits per heavy atom. The Morgan fingerprint density at radius 2 is 2.50 bits per heavy atom. The molecule has 1 saturated heterocycles. The van der Waals surface area contributed by atoms with E-state index in [1.54, 1.807) is 0 Å². The Morgan fingerprint density at radius 3 is 3.12 bits per heavy atom. The molecule has 0 spiro atoms. The van der Waals surface area contributed by atoms with Gasteiger partial charge in [0, 0.05) is 31.0 Å². The molecule has 2 rings (SSSR count). The van der Waals surface area contributed by atoms with Gasteiger partial charge in [0.1, 0.15) is 0 Å². The number of pyridine rings is 1. The summed E-state index contributed by atoms with van der Waals surface area (Å²) in [6.45, 7) is 4.12. The number of aromatic nitrogens is 1. The van der Waals surface area contributed by atoms with Crippen LogP contribution in [0.3, 0.4) is 0 Å². The third-order valence-electron chi connectivity index (χ3n) is 3.59. The second-order valence-corrected chi connectivity index (χ2v) is 4.48. The van der Waals surface area contributed by atoms with Crippen LogP contribution in [0.1, 0.15) is 37.8 Å². The van der Waals surface area contributed by atoms with Gasteiger partial charge in [0.15, 0.2) is 0 Å². The second-order valence-electron chi connectivity index (χ2n) is 4.48. The second kappa shape index (κ2) is 5.41. The third-order valence-corrected chi connectivity index (χ3v) is 3.59. The van der Waals surface area contributed by atoms with E-state index in [0.29, 0.717) is 18.6 Å². The highest BCUT2D eigenvalue weighted by Crippen LogP contribution is 2.29. The molecule has 0 saturated carbocycles. The minimum Gasteiger partial charge on any atom is -0.329 e. The minimum absolute atomic E-state index is 0.348. The molecule has 0 aromatic carbocycles. The summed E-state index contributed by atoms with van der Waals surface area (Å²) in [5.41, 5.74) is 7.19. The maximum atomic E-state index is 5.93. The fourth-order valence-corrected chi connectivity index (χ4v) is 2.74. The molecule has 0 bridgehead atoms. The average molecular weight is 219 g/mol. The first-order chi connectivity index (χ1) is 7.86. The summed E-state index contributed by atoms with van der Waals surface area (Å²) in [4.78, 5) is 6.75. The van der Waals surface area contributed by atoms with Crippen LogP contribution in [-0.4, -0.2) is 29.0 Å². The molecule has 1 aliphatic rings. The number of hydrogen-bond acceptors (Lipinski definition) is 3. The maximum absolute atomic E-state index is 5.93. The first kappa shape index (κ1) is 11.6. The number of nitrogens with zero attached hydrogens (tertiary/aromatic N) is 2. The topological polar surface area (TPSA) is 42.1 Å². The fourth-order valence-electron chi connectivity index (χ4n) is 2.74. The quantitative estimate of drug-likeness (QED) is 0.841. The van der Waals surface area contributed by atoms with Gasteiger partial charge in [-0.1, -0.05) is 13.0 Å². The van der Waals surface area contributed by atoms with Crippen LogP contribution in [0.2, 0.25) is 0 Å². The molecule has 1 fully saturated rings. The van der Waals surface area contributed by atoms with Crippen molar-refractivity contribution in [1.29, 1.82) is 0 Å². The van der Waals surface area contributed by atoms with Gasteiger partial charge in [-0.25, -0.2) is 0 Å². The molecule has 88 valence electrons. The molecular weight excluding hydrogens is 198 g/mol. The van der Waals surface area contributed by atoms with Crippen LogP contribution in [0.15, 0.2) is 24.5 Å². The van der Waals surface area contributed by atoms with Crippen LogP contribution in [0.25, 0.3) is 0 Å². The largest absolute Gasteiger partial charge is 0.329 e. The van der Waals surface area contributed by atoms with Gasteiger partial charge in [0.25, 0.3) is 0 Å². The highest BCUT2D eigenvalue weighted by Gasteiger charge is 2.29. The summed E-state index contributed by atoms with van der Waals surface area (Å²) in [7, 11) is 0. The third kappa shape index (κ3) is 2.25. The lowest BCUT2D eigenvalue weighted by molar-refractivity contribution is 0.180. The minimum atomic E-state index is 0.348. The van der Waals surface area contributed by atoms with E-state index in [1.165, 1.54) is 31.4 Å². The van der Waals surface area contributed by atoms with E-state index in [-0.39, 0.29) is 0 Å². The molecular formula is C13H21N3. The summed E-state index contributed by atoms with van der Waals surface area (Å²) < 4.78 is 0. The van der Waals surface area contributed by atoms with Crippen LogP contribution in [0, 0.1) is 0 Å².